The normalized spacial score (nSPS) is 28.6. The van der Waals surface area contributed by atoms with Gasteiger partial charge in [-0.2, -0.15) is 0 Å². The number of hydrogen-bond acceptors (Lipinski definition) is 4. The average Bonchev–Trinajstić information content (AvgIpc) is 2.62. The Morgan fingerprint density at radius 1 is 1.24 bits per heavy atom. The molecule has 0 aliphatic carbocycles. The fraction of sp³-hybridized carbons (Fsp3) is 0.632. The summed E-state index contributed by atoms with van der Waals surface area (Å²) in [5.41, 5.74) is 0.620. The number of carbonyl (C=O) groups excluding carboxylic acids is 2. The fourth-order valence-corrected chi connectivity index (χ4v) is 4.75. The zero-order valence-corrected chi connectivity index (χ0v) is 15.0. The lowest BCUT2D eigenvalue weighted by molar-refractivity contribution is -0.142. The minimum absolute atomic E-state index is 0.0223. The van der Waals surface area contributed by atoms with E-state index >= 15 is 0 Å². The number of aromatic nitrogens is 1. The molecule has 3 saturated heterocycles. The van der Waals surface area contributed by atoms with Crippen LogP contribution < -0.4 is 4.90 Å². The summed E-state index contributed by atoms with van der Waals surface area (Å²) in [6.45, 7) is 2.80. The number of hydrogen-bond donors (Lipinski definition) is 0. The highest BCUT2D eigenvalue weighted by molar-refractivity contribution is 5.93. The Morgan fingerprint density at radius 3 is 2.80 bits per heavy atom. The van der Waals surface area contributed by atoms with Gasteiger partial charge in [-0.15, -0.1) is 0 Å². The lowest BCUT2D eigenvalue weighted by Gasteiger charge is -2.52. The smallest absolute Gasteiger partial charge is 0.254 e. The molecule has 0 saturated carbocycles. The molecule has 0 N–H and O–H groups in total. The molecule has 1 aromatic heterocycles. The zero-order valence-electron chi connectivity index (χ0n) is 15.0. The van der Waals surface area contributed by atoms with Crippen LogP contribution >= 0.6 is 0 Å². The van der Waals surface area contributed by atoms with Crippen molar-refractivity contribution in [2.24, 2.45) is 11.8 Å². The molecule has 0 radical (unpaired) electrons. The van der Waals surface area contributed by atoms with Gasteiger partial charge in [-0.1, -0.05) is 0 Å². The first-order valence-electron chi connectivity index (χ1n) is 9.25. The van der Waals surface area contributed by atoms with Crippen molar-refractivity contribution in [1.82, 2.24) is 14.8 Å². The van der Waals surface area contributed by atoms with Gasteiger partial charge in [-0.05, 0) is 43.2 Å². The summed E-state index contributed by atoms with van der Waals surface area (Å²) in [6.07, 6.45) is 5.80. The van der Waals surface area contributed by atoms with Crippen LogP contribution in [-0.4, -0.2) is 66.4 Å². The van der Waals surface area contributed by atoms with Crippen LogP contribution in [-0.2, 0) is 4.79 Å². The van der Waals surface area contributed by atoms with Crippen molar-refractivity contribution in [3.8, 4) is 0 Å². The Hall–Kier alpha value is -2.11. The molecule has 25 heavy (non-hydrogen) atoms. The summed E-state index contributed by atoms with van der Waals surface area (Å²) < 4.78 is 0. The second-order valence-corrected chi connectivity index (χ2v) is 7.88. The second-order valence-electron chi connectivity index (χ2n) is 7.88. The van der Waals surface area contributed by atoms with E-state index in [1.165, 1.54) is 6.42 Å². The van der Waals surface area contributed by atoms with E-state index in [9.17, 15) is 9.59 Å². The monoisotopic (exact) mass is 342 g/mol. The topological polar surface area (TPSA) is 56.8 Å². The third kappa shape index (κ3) is 2.98. The zero-order chi connectivity index (χ0) is 17.6. The highest BCUT2D eigenvalue weighted by atomic mass is 16.2. The molecule has 6 heteroatoms. The minimum atomic E-state index is -0.0223. The Kier molecular flexibility index (Phi) is 4.13. The molecule has 2 amide bonds. The molecule has 6 nitrogen and oxygen atoms in total. The lowest BCUT2D eigenvalue weighted by Crippen LogP contribution is -2.60. The van der Waals surface area contributed by atoms with E-state index in [0.29, 0.717) is 29.3 Å². The van der Waals surface area contributed by atoms with Crippen LogP contribution in [0.25, 0.3) is 0 Å². The van der Waals surface area contributed by atoms with Crippen molar-refractivity contribution in [3.05, 3.63) is 23.9 Å². The number of nitrogens with zero attached hydrogens (tertiary/aromatic N) is 4. The van der Waals surface area contributed by atoms with Crippen molar-refractivity contribution in [3.63, 3.8) is 0 Å². The van der Waals surface area contributed by atoms with Gasteiger partial charge in [0, 0.05) is 52.4 Å². The van der Waals surface area contributed by atoms with E-state index in [1.54, 1.807) is 25.2 Å². The maximum absolute atomic E-state index is 12.2. The number of carbonyl (C=O) groups is 2. The number of anilines is 1. The summed E-state index contributed by atoms with van der Waals surface area (Å²) in [6, 6.07) is 4.24. The van der Waals surface area contributed by atoms with E-state index in [0.717, 1.165) is 44.7 Å². The maximum Gasteiger partial charge on any atom is 0.254 e. The maximum atomic E-state index is 12.2. The predicted molar refractivity (Wildman–Crippen MR) is 95.4 cm³/mol. The Morgan fingerprint density at radius 2 is 2.08 bits per heavy atom. The van der Waals surface area contributed by atoms with Crippen LogP contribution in [0.3, 0.4) is 0 Å². The highest BCUT2D eigenvalue weighted by Gasteiger charge is 2.44. The fourth-order valence-electron chi connectivity index (χ4n) is 4.75. The first-order valence-corrected chi connectivity index (χ1v) is 9.25. The van der Waals surface area contributed by atoms with Crippen LogP contribution in [0.15, 0.2) is 18.3 Å². The van der Waals surface area contributed by atoms with E-state index in [2.05, 4.69) is 14.8 Å². The van der Waals surface area contributed by atoms with Gasteiger partial charge in [0.15, 0.2) is 0 Å². The van der Waals surface area contributed by atoms with Crippen LogP contribution in [0, 0.1) is 11.8 Å². The second kappa shape index (κ2) is 6.32. The van der Waals surface area contributed by atoms with Gasteiger partial charge in [0.25, 0.3) is 5.91 Å². The van der Waals surface area contributed by atoms with Crippen LogP contribution in [0.1, 0.15) is 36.0 Å². The summed E-state index contributed by atoms with van der Waals surface area (Å²) >= 11 is 0. The molecule has 3 aliphatic heterocycles. The molecule has 3 atom stereocenters. The molecule has 0 spiro atoms. The van der Waals surface area contributed by atoms with E-state index in [4.69, 9.17) is 0 Å². The van der Waals surface area contributed by atoms with Gasteiger partial charge in [0.1, 0.15) is 5.82 Å². The molecule has 134 valence electrons. The van der Waals surface area contributed by atoms with Gasteiger partial charge in [0.2, 0.25) is 5.91 Å². The number of fused-ring (bicyclic) bond motifs is 4. The molecular weight excluding hydrogens is 316 g/mol. The largest absolute Gasteiger partial charge is 0.356 e. The average molecular weight is 342 g/mol. The third-order valence-corrected chi connectivity index (χ3v) is 5.90. The van der Waals surface area contributed by atoms with E-state index in [-0.39, 0.29) is 5.91 Å². The summed E-state index contributed by atoms with van der Waals surface area (Å²) in [4.78, 5) is 34.9. The standard InChI is InChI=1S/C19H26N4O2/c1-21(2)19(25)14-6-7-17(20-9-14)22-10-13-8-15(12-22)16-4-3-5-18(24)23(16)11-13/h6-7,9,13,15-16H,3-5,8,10-12H2,1-2H3/t13?,15?,16-/m1/s1. The molecule has 2 bridgehead atoms. The number of piperidine rings is 3. The van der Waals surface area contributed by atoms with Crippen molar-refractivity contribution in [2.45, 2.75) is 31.7 Å². The first-order chi connectivity index (χ1) is 12.0. The van der Waals surface area contributed by atoms with Gasteiger partial charge >= 0.3 is 0 Å². The lowest BCUT2D eigenvalue weighted by atomic mass is 9.76. The Labute approximate surface area is 148 Å². The van der Waals surface area contributed by atoms with Crippen LogP contribution in [0.5, 0.6) is 0 Å². The minimum Gasteiger partial charge on any atom is -0.356 e. The van der Waals surface area contributed by atoms with Crippen LogP contribution in [0.4, 0.5) is 5.82 Å². The molecule has 3 aliphatic rings. The molecule has 1 aromatic rings. The SMILES string of the molecule is CN(C)C(=O)c1ccc(N2CC3CC(C2)[C@H]2CCCC(=O)N2C3)nc1. The molecule has 4 heterocycles. The molecule has 3 fully saturated rings. The highest BCUT2D eigenvalue weighted by Crippen LogP contribution is 2.38. The number of amides is 2. The first kappa shape index (κ1) is 16.4. The molecule has 0 aromatic carbocycles. The van der Waals surface area contributed by atoms with Gasteiger partial charge in [-0.25, -0.2) is 4.98 Å². The van der Waals surface area contributed by atoms with Crippen molar-refractivity contribution in [2.75, 3.05) is 38.6 Å². The number of pyridine rings is 1. The van der Waals surface area contributed by atoms with Crippen molar-refractivity contribution in [1.29, 1.82) is 0 Å². The summed E-state index contributed by atoms with van der Waals surface area (Å²) in [5, 5.41) is 0. The molecule has 2 unspecified atom stereocenters. The van der Waals surface area contributed by atoms with E-state index < -0.39 is 0 Å². The van der Waals surface area contributed by atoms with Crippen molar-refractivity contribution >= 4 is 17.6 Å². The summed E-state index contributed by atoms with van der Waals surface area (Å²) in [7, 11) is 3.50. The quantitative estimate of drug-likeness (QED) is 0.820. The number of rotatable bonds is 2. The Bertz CT molecular complexity index is 673. The van der Waals surface area contributed by atoms with Crippen molar-refractivity contribution < 1.29 is 9.59 Å². The third-order valence-electron chi connectivity index (χ3n) is 5.90. The van der Waals surface area contributed by atoms with Gasteiger partial charge in [-0.3, -0.25) is 9.59 Å². The van der Waals surface area contributed by atoms with E-state index in [1.807, 2.05) is 12.1 Å². The predicted octanol–water partition coefficient (Wildman–Crippen LogP) is 1.62. The summed E-state index contributed by atoms with van der Waals surface area (Å²) in [5.74, 6) is 2.35. The van der Waals surface area contributed by atoms with Crippen LogP contribution in [0.2, 0.25) is 0 Å². The molecule has 4 rings (SSSR count). The molecular formula is C19H26N4O2. The Balaban J connectivity index is 1.50. The van der Waals surface area contributed by atoms with Gasteiger partial charge in [0.05, 0.1) is 5.56 Å². The van der Waals surface area contributed by atoms with Gasteiger partial charge < -0.3 is 14.7 Å².